The minimum atomic E-state index is -1.46. The van der Waals surface area contributed by atoms with Gasteiger partial charge in [0.2, 0.25) is 11.8 Å². The number of nitrogens with two attached hydrogens (primary N) is 1. The van der Waals surface area contributed by atoms with E-state index in [9.17, 15) is 24.3 Å². The molecule has 3 atom stereocenters. The van der Waals surface area contributed by atoms with Crippen LogP contribution in [0.3, 0.4) is 0 Å². The maximum atomic E-state index is 13.8. The Hall–Kier alpha value is -3.04. The lowest BCUT2D eigenvalue weighted by atomic mass is 9.98. The molecule has 0 aliphatic heterocycles. The van der Waals surface area contributed by atoms with Crippen LogP contribution in [0.1, 0.15) is 58.9 Å². The smallest absolute Gasteiger partial charge is 0.251 e. The lowest BCUT2D eigenvalue weighted by molar-refractivity contribution is -0.147. The fraction of sp³-hybridized carbons (Fsp3) is 0.571. The second-order valence-electron chi connectivity index (χ2n) is 9.92. The highest BCUT2D eigenvalue weighted by Crippen LogP contribution is 2.16. The van der Waals surface area contributed by atoms with Gasteiger partial charge in [-0.15, -0.1) is 0 Å². The molecule has 206 valence electrons. The van der Waals surface area contributed by atoms with Crippen LogP contribution in [0.5, 0.6) is 0 Å². The molecule has 3 amide bonds. The molecule has 0 aromatic heterocycles. The van der Waals surface area contributed by atoms with Gasteiger partial charge in [-0.1, -0.05) is 57.2 Å². The van der Waals surface area contributed by atoms with Crippen LogP contribution in [0.4, 0.5) is 0 Å². The van der Waals surface area contributed by atoms with Gasteiger partial charge in [-0.05, 0) is 56.6 Å². The van der Waals surface area contributed by atoms with Crippen LogP contribution in [0.2, 0.25) is 0 Å². The van der Waals surface area contributed by atoms with Crippen molar-refractivity contribution >= 4 is 23.5 Å². The van der Waals surface area contributed by atoms with Gasteiger partial charge in [0, 0.05) is 13.1 Å². The molecule has 5 N–H and O–H groups in total. The zero-order valence-corrected chi connectivity index (χ0v) is 22.7. The fourth-order valence-corrected chi connectivity index (χ4v) is 3.93. The van der Waals surface area contributed by atoms with Gasteiger partial charge in [-0.2, -0.15) is 0 Å². The molecular formula is C28H44N4O5. The number of hydrogen-bond acceptors (Lipinski definition) is 6. The summed E-state index contributed by atoms with van der Waals surface area (Å²) in [6.07, 6.45) is 2.56. The summed E-state index contributed by atoms with van der Waals surface area (Å²) < 4.78 is 0. The van der Waals surface area contributed by atoms with Crippen LogP contribution < -0.4 is 16.4 Å². The maximum Gasteiger partial charge on any atom is 0.251 e. The van der Waals surface area contributed by atoms with Crippen molar-refractivity contribution in [3.63, 3.8) is 0 Å². The number of amides is 3. The van der Waals surface area contributed by atoms with Crippen LogP contribution in [-0.4, -0.2) is 71.3 Å². The van der Waals surface area contributed by atoms with Crippen molar-refractivity contribution < 1.29 is 24.3 Å². The van der Waals surface area contributed by atoms with E-state index in [2.05, 4.69) is 29.3 Å². The molecule has 1 rings (SSSR count). The predicted octanol–water partition coefficient (Wildman–Crippen LogP) is 1.73. The Bertz CT molecular complexity index is 901. The van der Waals surface area contributed by atoms with Crippen molar-refractivity contribution in [3.05, 3.63) is 48.0 Å². The summed E-state index contributed by atoms with van der Waals surface area (Å²) in [6, 6.07) is 7.65. The summed E-state index contributed by atoms with van der Waals surface area (Å²) in [7, 11) is 0. The van der Waals surface area contributed by atoms with Crippen molar-refractivity contribution in [1.29, 1.82) is 0 Å². The fourth-order valence-electron chi connectivity index (χ4n) is 3.93. The molecule has 1 aromatic rings. The Morgan fingerprint density at radius 2 is 1.70 bits per heavy atom. The summed E-state index contributed by atoms with van der Waals surface area (Å²) in [5.74, 6) is -2.25. The van der Waals surface area contributed by atoms with E-state index in [1.807, 2.05) is 32.0 Å². The number of carbonyl (C=O) groups is 4. The highest BCUT2D eigenvalue weighted by atomic mass is 16.3. The zero-order valence-electron chi connectivity index (χ0n) is 22.7. The van der Waals surface area contributed by atoms with E-state index < -0.39 is 41.7 Å². The molecule has 1 aromatic carbocycles. The number of aryl methyl sites for hydroxylation is 1. The first-order valence-electron chi connectivity index (χ1n) is 13.0. The second-order valence-corrected chi connectivity index (χ2v) is 9.92. The van der Waals surface area contributed by atoms with Crippen molar-refractivity contribution in [2.45, 2.75) is 78.0 Å². The number of ketones is 1. The summed E-state index contributed by atoms with van der Waals surface area (Å²) in [4.78, 5) is 53.4. The molecule has 9 heteroatoms. The molecule has 0 fully saturated rings. The predicted molar refractivity (Wildman–Crippen MR) is 144 cm³/mol. The monoisotopic (exact) mass is 516 g/mol. The maximum absolute atomic E-state index is 13.8. The number of nitrogens with zero attached hydrogens (tertiary/aromatic N) is 1. The third kappa shape index (κ3) is 11.7. The minimum absolute atomic E-state index is 0.0547. The molecule has 0 heterocycles. The van der Waals surface area contributed by atoms with Gasteiger partial charge >= 0.3 is 0 Å². The molecule has 0 saturated carbocycles. The van der Waals surface area contributed by atoms with Gasteiger partial charge in [-0.3, -0.25) is 19.2 Å². The van der Waals surface area contributed by atoms with E-state index >= 15 is 0 Å². The Morgan fingerprint density at radius 1 is 1.05 bits per heavy atom. The van der Waals surface area contributed by atoms with E-state index in [-0.39, 0.29) is 31.1 Å². The molecular weight excluding hydrogens is 472 g/mol. The van der Waals surface area contributed by atoms with Crippen LogP contribution in [0.25, 0.3) is 0 Å². The largest absolute Gasteiger partial charge is 0.392 e. The first kappa shape index (κ1) is 32.0. The molecule has 0 saturated heterocycles. The third-order valence-corrected chi connectivity index (χ3v) is 5.82. The number of nitrogens with one attached hydrogen (secondary N) is 2. The number of carbonyl (C=O) groups excluding carboxylic acids is 4. The van der Waals surface area contributed by atoms with Gasteiger partial charge in [0.1, 0.15) is 6.04 Å². The zero-order chi connectivity index (χ0) is 28.0. The topological polar surface area (TPSA) is 142 Å². The summed E-state index contributed by atoms with van der Waals surface area (Å²) in [6.45, 7) is 10.3. The van der Waals surface area contributed by atoms with Gasteiger partial charge in [0.05, 0.1) is 12.6 Å². The summed E-state index contributed by atoms with van der Waals surface area (Å²) >= 11 is 0. The number of rotatable bonds is 17. The Balaban J connectivity index is 3.20. The number of benzene rings is 1. The first-order chi connectivity index (χ1) is 17.5. The number of Topliss-reactive ketones (excluding diaryl/α,β-unsaturated/α-hetero) is 1. The standard InChI is InChI=1S/C28H44N4O5/c1-19(2)16-23(31-24(34)17-29)28(37)32(15-11-7-10-14-22-12-8-6-9-13-22)25(26(35)20(3)4)27(36)30-18-21(5)33/h6,8-9,12-13,19,21,23,25,33H,3,7,10-11,14-18,29H2,1-2,4-5H3,(H,30,36)(H,31,34)/t21?,23-,25-/m0/s1. The van der Waals surface area contributed by atoms with E-state index in [4.69, 9.17) is 5.73 Å². The van der Waals surface area contributed by atoms with Crippen LogP contribution >= 0.6 is 0 Å². The molecule has 1 unspecified atom stereocenters. The lowest BCUT2D eigenvalue weighted by Gasteiger charge is -2.34. The van der Waals surface area contributed by atoms with Gasteiger partial charge in [0.15, 0.2) is 11.8 Å². The summed E-state index contributed by atoms with van der Waals surface area (Å²) in [5, 5.41) is 14.8. The van der Waals surface area contributed by atoms with E-state index in [1.165, 1.54) is 24.3 Å². The van der Waals surface area contributed by atoms with E-state index in [1.54, 1.807) is 0 Å². The molecule has 9 nitrogen and oxygen atoms in total. The normalized spacial score (nSPS) is 13.4. The summed E-state index contributed by atoms with van der Waals surface area (Å²) in [5.41, 5.74) is 6.81. The SMILES string of the molecule is C=C(C)C(=O)[C@@H](C(=O)NCC(C)O)N(CCCCCc1ccccc1)C(=O)[C@H](CC(C)C)NC(=O)CN. The lowest BCUT2D eigenvalue weighted by Crippen LogP contribution is -2.59. The molecule has 37 heavy (non-hydrogen) atoms. The number of unbranched alkanes of at least 4 members (excludes halogenated alkanes) is 2. The number of hydrogen-bond donors (Lipinski definition) is 4. The van der Waals surface area contributed by atoms with Gasteiger partial charge in [0.25, 0.3) is 5.91 Å². The molecule has 0 aliphatic rings. The first-order valence-corrected chi connectivity index (χ1v) is 13.0. The quantitative estimate of drug-likeness (QED) is 0.141. The average molecular weight is 517 g/mol. The Kier molecular flexibility index (Phi) is 14.4. The molecule has 0 radical (unpaired) electrons. The van der Waals surface area contributed by atoms with Gasteiger partial charge in [-0.25, -0.2) is 0 Å². The van der Waals surface area contributed by atoms with Crippen molar-refractivity contribution in [2.75, 3.05) is 19.6 Å². The van der Waals surface area contributed by atoms with Gasteiger partial charge < -0.3 is 26.4 Å². The highest BCUT2D eigenvalue weighted by Gasteiger charge is 2.38. The van der Waals surface area contributed by atoms with Crippen molar-refractivity contribution in [3.8, 4) is 0 Å². The molecule has 0 spiro atoms. The Labute approximate surface area is 220 Å². The number of aliphatic hydroxyl groups is 1. The Morgan fingerprint density at radius 3 is 2.24 bits per heavy atom. The van der Waals surface area contributed by atoms with Crippen LogP contribution in [0, 0.1) is 5.92 Å². The van der Waals surface area contributed by atoms with Crippen LogP contribution in [0.15, 0.2) is 42.5 Å². The van der Waals surface area contributed by atoms with E-state index in [0.717, 1.165) is 19.3 Å². The van der Waals surface area contributed by atoms with E-state index in [0.29, 0.717) is 12.8 Å². The minimum Gasteiger partial charge on any atom is -0.392 e. The molecule has 0 bridgehead atoms. The second kappa shape index (κ2) is 16.7. The van der Waals surface area contributed by atoms with Crippen molar-refractivity contribution in [2.24, 2.45) is 11.7 Å². The highest BCUT2D eigenvalue weighted by molar-refractivity contribution is 6.14. The number of aliphatic hydroxyl groups excluding tert-OH is 1. The third-order valence-electron chi connectivity index (χ3n) is 5.82. The average Bonchev–Trinajstić information content (AvgIpc) is 2.85. The van der Waals surface area contributed by atoms with Crippen LogP contribution in [-0.2, 0) is 25.6 Å². The van der Waals surface area contributed by atoms with Crippen molar-refractivity contribution in [1.82, 2.24) is 15.5 Å². The molecule has 0 aliphatic carbocycles.